The van der Waals surface area contributed by atoms with Crippen LogP contribution in [0.25, 0.3) is 0 Å². The summed E-state index contributed by atoms with van der Waals surface area (Å²) >= 11 is 5.31. The van der Waals surface area contributed by atoms with Crippen LogP contribution in [0, 0.1) is 20.8 Å². The van der Waals surface area contributed by atoms with Crippen LogP contribution >= 0.6 is 27.3 Å². The number of aryl methyl sites for hydroxylation is 3. The number of hydrogen-bond donors (Lipinski definition) is 1. The van der Waals surface area contributed by atoms with Crippen molar-refractivity contribution in [1.29, 1.82) is 0 Å². The molecule has 0 aliphatic heterocycles. The van der Waals surface area contributed by atoms with Crippen LogP contribution in [0.2, 0.25) is 0 Å². The number of rotatable bonds is 4. The zero-order chi connectivity index (χ0) is 12.4. The highest BCUT2D eigenvalue weighted by atomic mass is 79.9. The van der Waals surface area contributed by atoms with Gasteiger partial charge in [0.25, 0.3) is 0 Å². The molecule has 92 valence electrons. The quantitative estimate of drug-likeness (QED) is 0.934. The summed E-state index contributed by atoms with van der Waals surface area (Å²) in [7, 11) is 0. The Hall–Kier alpha value is -0.650. The van der Waals surface area contributed by atoms with E-state index in [4.69, 9.17) is 4.42 Å². The summed E-state index contributed by atoms with van der Waals surface area (Å²) in [6.07, 6.45) is 0. The Balaban J connectivity index is 1.87. The highest BCUT2D eigenvalue weighted by Gasteiger charge is 2.06. The molecule has 2 rings (SSSR count). The molecule has 0 spiro atoms. The van der Waals surface area contributed by atoms with Crippen LogP contribution in [-0.4, -0.2) is 4.98 Å². The largest absolute Gasteiger partial charge is 0.444 e. The van der Waals surface area contributed by atoms with E-state index in [1.165, 1.54) is 14.2 Å². The van der Waals surface area contributed by atoms with Gasteiger partial charge in [-0.2, -0.15) is 0 Å². The van der Waals surface area contributed by atoms with E-state index in [2.05, 4.69) is 39.2 Å². The van der Waals surface area contributed by atoms with Gasteiger partial charge < -0.3 is 9.73 Å². The van der Waals surface area contributed by atoms with Crippen molar-refractivity contribution in [1.82, 2.24) is 10.3 Å². The molecule has 0 saturated carbocycles. The molecule has 5 heteroatoms. The Kier molecular flexibility index (Phi) is 4.01. The normalized spacial score (nSPS) is 11.1. The second-order valence-corrected chi connectivity index (χ2v) is 6.16. The second kappa shape index (κ2) is 5.33. The lowest BCUT2D eigenvalue weighted by Crippen LogP contribution is -2.11. The fraction of sp³-hybridized carbons (Fsp3) is 0.417. The zero-order valence-electron chi connectivity index (χ0n) is 10.1. The summed E-state index contributed by atoms with van der Waals surface area (Å²) in [5.41, 5.74) is 0.969. The van der Waals surface area contributed by atoms with Gasteiger partial charge >= 0.3 is 0 Å². The molecule has 2 aromatic rings. The van der Waals surface area contributed by atoms with Crippen molar-refractivity contribution in [2.45, 2.75) is 33.9 Å². The van der Waals surface area contributed by atoms with E-state index >= 15 is 0 Å². The molecular formula is C12H15BrN2OS. The van der Waals surface area contributed by atoms with Crippen molar-refractivity contribution < 1.29 is 4.42 Å². The van der Waals surface area contributed by atoms with Crippen LogP contribution in [0.1, 0.15) is 27.1 Å². The Labute approximate surface area is 113 Å². The molecule has 0 radical (unpaired) electrons. The fourth-order valence-corrected chi connectivity index (χ4v) is 3.08. The van der Waals surface area contributed by atoms with Crippen LogP contribution < -0.4 is 5.32 Å². The van der Waals surface area contributed by atoms with Gasteiger partial charge in [0.05, 0.1) is 12.2 Å². The Bertz CT molecular complexity index is 433. The molecule has 0 atom stereocenters. The molecule has 0 saturated heterocycles. The van der Waals surface area contributed by atoms with Gasteiger partial charge in [-0.05, 0) is 42.8 Å². The molecule has 1 N–H and O–H groups in total. The molecule has 0 aliphatic carbocycles. The number of thiophene rings is 1. The van der Waals surface area contributed by atoms with Crippen LogP contribution in [0.3, 0.4) is 0 Å². The minimum absolute atomic E-state index is 0.670. The van der Waals surface area contributed by atoms with E-state index in [0.29, 0.717) is 6.54 Å². The maximum atomic E-state index is 5.50. The Morgan fingerprint density at radius 3 is 2.65 bits per heavy atom. The topological polar surface area (TPSA) is 38.1 Å². The minimum Gasteiger partial charge on any atom is -0.444 e. The summed E-state index contributed by atoms with van der Waals surface area (Å²) in [4.78, 5) is 6.95. The molecule has 0 unspecified atom stereocenters. The van der Waals surface area contributed by atoms with E-state index < -0.39 is 0 Å². The number of aromatic nitrogens is 1. The summed E-state index contributed by atoms with van der Waals surface area (Å²) in [5.74, 6) is 1.66. The number of nitrogens with zero attached hydrogens (tertiary/aromatic N) is 1. The maximum Gasteiger partial charge on any atom is 0.208 e. The van der Waals surface area contributed by atoms with Crippen LogP contribution in [0.5, 0.6) is 0 Å². The van der Waals surface area contributed by atoms with Gasteiger partial charge in [-0.3, -0.25) is 0 Å². The predicted octanol–water partition coefficient (Wildman–Crippen LogP) is 3.71. The van der Waals surface area contributed by atoms with Crippen molar-refractivity contribution in [2.75, 3.05) is 0 Å². The monoisotopic (exact) mass is 314 g/mol. The van der Waals surface area contributed by atoms with Crippen molar-refractivity contribution in [3.63, 3.8) is 0 Å². The number of hydrogen-bond acceptors (Lipinski definition) is 4. The average Bonchev–Trinajstić information content (AvgIpc) is 2.73. The van der Waals surface area contributed by atoms with E-state index in [1.807, 2.05) is 13.8 Å². The molecule has 0 aliphatic rings. The van der Waals surface area contributed by atoms with Crippen molar-refractivity contribution in [2.24, 2.45) is 0 Å². The average molecular weight is 315 g/mol. The lowest BCUT2D eigenvalue weighted by molar-refractivity contribution is 0.449. The molecule has 2 aromatic heterocycles. The highest BCUT2D eigenvalue weighted by molar-refractivity contribution is 9.10. The molecule has 0 bridgehead atoms. The predicted molar refractivity (Wildman–Crippen MR) is 73.3 cm³/mol. The smallest absolute Gasteiger partial charge is 0.208 e. The maximum absolute atomic E-state index is 5.50. The molecule has 17 heavy (non-hydrogen) atoms. The van der Waals surface area contributed by atoms with E-state index in [9.17, 15) is 0 Å². The minimum atomic E-state index is 0.670. The summed E-state index contributed by atoms with van der Waals surface area (Å²) < 4.78 is 6.68. The highest BCUT2D eigenvalue weighted by Crippen LogP contribution is 2.26. The zero-order valence-corrected chi connectivity index (χ0v) is 12.5. The first-order valence-corrected chi connectivity index (χ1v) is 7.05. The van der Waals surface area contributed by atoms with Gasteiger partial charge in [0.15, 0.2) is 0 Å². The van der Waals surface area contributed by atoms with Crippen LogP contribution in [-0.2, 0) is 13.1 Å². The first kappa shape index (κ1) is 12.8. The van der Waals surface area contributed by atoms with Crippen LogP contribution in [0.15, 0.2) is 15.0 Å². The summed E-state index contributed by atoms with van der Waals surface area (Å²) in [5, 5.41) is 3.33. The van der Waals surface area contributed by atoms with Gasteiger partial charge in [-0.1, -0.05) is 0 Å². The molecule has 0 amide bonds. The lowest BCUT2D eigenvalue weighted by Gasteiger charge is -1.98. The summed E-state index contributed by atoms with van der Waals surface area (Å²) in [6, 6.07) is 2.15. The van der Waals surface area contributed by atoms with Gasteiger partial charge in [0, 0.05) is 20.8 Å². The number of nitrogens with one attached hydrogen (secondary N) is 1. The van der Waals surface area contributed by atoms with Gasteiger partial charge in [0.2, 0.25) is 5.89 Å². The third kappa shape index (κ3) is 3.18. The summed E-state index contributed by atoms with van der Waals surface area (Å²) in [6.45, 7) is 7.52. The van der Waals surface area contributed by atoms with E-state index in [-0.39, 0.29) is 0 Å². The second-order valence-electron chi connectivity index (χ2n) is 3.97. The molecule has 3 nitrogen and oxygen atoms in total. The molecule has 0 aromatic carbocycles. The van der Waals surface area contributed by atoms with Crippen molar-refractivity contribution in [3.8, 4) is 0 Å². The van der Waals surface area contributed by atoms with Gasteiger partial charge in [-0.15, -0.1) is 11.3 Å². The third-order valence-corrected chi connectivity index (χ3v) is 4.69. The lowest BCUT2D eigenvalue weighted by atomic mass is 10.4. The standard InChI is InChI=1S/C12H15BrN2OS/c1-7-8(2)16-12(15-7)6-14-5-10-4-11(13)9(3)17-10/h4,14H,5-6H2,1-3H3. The third-order valence-electron chi connectivity index (χ3n) is 2.56. The fourth-order valence-electron chi connectivity index (χ4n) is 1.51. The number of oxazole rings is 1. The first-order chi connectivity index (χ1) is 8.06. The van der Waals surface area contributed by atoms with Gasteiger partial charge in [0.1, 0.15) is 5.76 Å². The molecule has 0 fully saturated rings. The number of halogens is 1. The Morgan fingerprint density at radius 1 is 1.35 bits per heavy atom. The SMILES string of the molecule is Cc1nc(CNCc2cc(Br)c(C)s2)oc1C. The van der Waals surface area contributed by atoms with E-state index in [1.54, 1.807) is 11.3 Å². The van der Waals surface area contributed by atoms with Gasteiger partial charge in [-0.25, -0.2) is 4.98 Å². The van der Waals surface area contributed by atoms with E-state index in [0.717, 1.165) is 23.9 Å². The Morgan fingerprint density at radius 2 is 2.12 bits per heavy atom. The van der Waals surface area contributed by atoms with Crippen molar-refractivity contribution in [3.05, 3.63) is 37.6 Å². The molecular weight excluding hydrogens is 300 g/mol. The first-order valence-electron chi connectivity index (χ1n) is 5.44. The van der Waals surface area contributed by atoms with Crippen molar-refractivity contribution >= 4 is 27.3 Å². The molecule has 2 heterocycles. The van der Waals surface area contributed by atoms with Crippen LogP contribution in [0.4, 0.5) is 0 Å².